The molecule has 0 atom stereocenters. The molecule has 0 radical (unpaired) electrons. The summed E-state index contributed by atoms with van der Waals surface area (Å²) in [4.78, 5) is 8.60. The lowest BCUT2D eigenvalue weighted by Gasteiger charge is -2.19. The molecule has 0 aliphatic rings. The largest absolute Gasteiger partial charge is 0.343 e. The molecule has 0 fully saturated rings. The maximum absolute atomic E-state index is 4.30. The van der Waals surface area contributed by atoms with Gasteiger partial charge in [-0.15, -0.1) is 0 Å². The molecule has 3 aromatic rings. The van der Waals surface area contributed by atoms with Crippen LogP contribution in [0.4, 0.5) is 5.95 Å². The Balaban J connectivity index is 1.95. The van der Waals surface area contributed by atoms with Crippen molar-refractivity contribution in [3.8, 4) is 0 Å². The first-order chi connectivity index (χ1) is 10.3. The van der Waals surface area contributed by atoms with Crippen LogP contribution in [-0.4, -0.2) is 9.97 Å². The second-order valence-electron chi connectivity index (χ2n) is 4.62. The number of hydrogen-bond donors (Lipinski definition) is 1. The zero-order valence-corrected chi connectivity index (χ0v) is 12.9. The Morgan fingerprint density at radius 2 is 1.24 bits per heavy atom. The molecule has 3 rings (SSSR count). The van der Waals surface area contributed by atoms with Gasteiger partial charge in [0.15, 0.2) is 0 Å². The van der Waals surface area contributed by atoms with Crippen molar-refractivity contribution in [1.82, 2.24) is 9.97 Å². The van der Waals surface area contributed by atoms with Crippen molar-refractivity contribution in [2.24, 2.45) is 0 Å². The highest BCUT2D eigenvalue weighted by Gasteiger charge is 2.14. The van der Waals surface area contributed by atoms with E-state index in [2.05, 4.69) is 55.5 Å². The number of halogens is 1. The van der Waals surface area contributed by atoms with Crippen LogP contribution in [-0.2, 0) is 0 Å². The summed E-state index contributed by atoms with van der Waals surface area (Å²) in [6, 6.07) is 20.6. The van der Waals surface area contributed by atoms with Crippen molar-refractivity contribution in [3.63, 3.8) is 0 Å². The van der Waals surface area contributed by atoms with Crippen LogP contribution in [0.25, 0.3) is 0 Å². The van der Waals surface area contributed by atoms with Crippen LogP contribution < -0.4 is 5.32 Å². The average Bonchev–Trinajstić information content (AvgIpc) is 2.56. The van der Waals surface area contributed by atoms with Crippen LogP contribution >= 0.6 is 15.9 Å². The van der Waals surface area contributed by atoms with Crippen molar-refractivity contribution in [2.75, 3.05) is 5.32 Å². The Labute approximate surface area is 132 Å². The van der Waals surface area contributed by atoms with E-state index in [1.165, 1.54) is 11.1 Å². The molecule has 0 saturated heterocycles. The van der Waals surface area contributed by atoms with Crippen molar-refractivity contribution in [3.05, 3.63) is 88.7 Å². The molecule has 0 aliphatic heterocycles. The number of aromatic nitrogens is 2. The quantitative estimate of drug-likeness (QED) is 0.763. The minimum absolute atomic E-state index is 0.0218. The number of rotatable bonds is 4. The van der Waals surface area contributed by atoms with Crippen LogP contribution in [0.15, 0.2) is 77.5 Å². The minimum Gasteiger partial charge on any atom is -0.343 e. The molecule has 2 aromatic carbocycles. The first kappa shape index (κ1) is 13.8. The summed E-state index contributed by atoms with van der Waals surface area (Å²) in [6.07, 6.45) is 3.48. The van der Waals surface area contributed by atoms with Gasteiger partial charge >= 0.3 is 0 Å². The standard InChI is InChI=1S/C17H14BrN3/c18-15-11-19-17(20-12-15)21-16(13-7-3-1-4-8-13)14-9-5-2-6-10-14/h1-12,16H,(H,19,20,21). The summed E-state index contributed by atoms with van der Waals surface area (Å²) in [7, 11) is 0. The molecule has 21 heavy (non-hydrogen) atoms. The lowest BCUT2D eigenvalue weighted by atomic mass is 9.99. The molecule has 0 amide bonds. The van der Waals surface area contributed by atoms with Crippen molar-refractivity contribution < 1.29 is 0 Å². The molecule has 4 heteroatoms. The second-order valence-corrected chi connectivity index (χ2v) is 5.54. The fourth-order valence-electron chi connectivity index (χ4n) is 2.17. The predicted octanol–water partition coefficient (Wildman–Crippen LogP) is 4.44. The first-order valence-corrected chi connectivity index (χ1v) is 7.46. The maximum Gasteiger partial charge on any atom is 0.223 e. The molecule has 0 aliphatic carbocycles. The summed E-state index contributed by atoms with van der Waals surface area (Å²) in [5, 5.41) is 3.40. The Hall–Kier alpha value is -2.20. The first-order valence-electron chi connectivity index (χ1n) is 6.67. The summed E-state index contributed by atoms with van der Waals surface area (Å²) >= 11 is 3.35. The number of benzene rings is 2. The third-order valence-corrected chi connectivity index (χ3v) is 3.57. The SMILES string of the molecule is Brc1cnc(NC(c2ccccc2)c2ccccc2)nc1. The summed E-state index contributed by atoms with van der Waals surface area (Å²) in [5.74, 6) is 0.607. The van der Waals surface area contributed by atoms with Crippen LogP contribution in [0, 0.1) is 0 Å². The maximum atomic E-state index is 4.30. The summed E-state index contributed by atoms with van der Waals surface area (Å²) in [5.41, 5.74) is 2.35. The average molecular weight is 340 g/mol. The lowest BCUT2D eigenvalue weighted by molar-refractivity contribution is 0.907. The number of nitrogens with zero attached hydrogens (tertiary/aromatic N) is 2. The smallest absolute Gasteiger partial charge is 0.223 e. The Bertz CT molecular complexity index is 645. The fraction of sp³-hybridized carbons (Fsp3) is 0.0588. The van der Waals surface area contributed by atoms with Gasteiger partial charge in [-0.25, -0.2) is 9.97 Å². The lowest BCUT2D eigenvalue weighted by Crippen LogP contribution is -2.14. The van der Waals surface area contributed by atoms with Gasteiger partial charge in [-0.2, -0.15) is 0 Å². The third-order valence-electron chi connectivity index (χ3n) is 3.16. The molecular weight excluding hydrogens is 326 g/mol. The molecule has 3 nitrogen and oxygen atoms in total. The number of nitrogens with one attached hydrogen (secondary N) is 1. The Kier molecular flexibility index (Phi) is 4.26. The highest BCUT2D eigenvalue weighted by Crippen LogP contribution is 2.25. The zero-order valence-electron chi connectivity index (χ0n) is 11.3. The van der Waals surface area contributed by atoms with E-state index in [4.69, 9.17) is 0 Å². The highest BCUT2D eigenvalue weighted by atomic mass is 79.9. The van der Waals surface area contributed by atoms with Crippen LogP contribution in [0.5, 0.6) is 0 Å². The van der Waals surface area contributed by atoms with Crippen molar-refractivity contribution in [2.45, 2.75) is 6.04 Å². The minimum atomic E-state index is 0.0218. The fourth-order valence-corrected chi connectivity index (χ4v) is 2.37. The van der Waals surface area contributed by atoms with Gasteiger partial charge in [0, 0.05) is 12.4 Å². The van der Waals surface area contributed by atoms with E-state index in [0.29, 0.717) is 5.95 Å². The molecule has 104 valence electrons. The number of anilines is 1. The third kappa shape index (κ3) is 3.47. The van der Waals surface area contributed by atoms with Gasteiger partial charge in [0.2, 0.25) is 5.95 Å². The topological polar surface area (TPSA) is 37.8 Å². The van der Waals surface area contributed by atoms with Gasteiger partial charge in [0.25, 0.3) is 0 Å². The zero-order chi connectivity index (χ0) is 14.5. The normalized spacial score (nSPS) is 10.6. The van der Waals surface area contributed by atoms with E-state index >= 15 is 0 Å². The van der Waals surface area contributed by atoms with Gasteiger partial charge in [-0.3, -0.25) is 0 Å². The van der Waals surface area contributed by atoms with Crippen LogP contribution in [0.1, 0.15) is 17.2 Å². The summed E-state index contributed by atoms with van der Waals surface area (Å²) in [6.45, 7) is 0. The van der Waals surface area contributed by atoms with Crippen molar-refractivity contribution in [1.29, 1.82) is 0 Å². The van der Waals surface area contributed by atoms with E-state index in [9.17, 15) is 0 Å². The van der Waals surface area contributed by atoms with Crippen LogP contribution in [0.3, 0.4) is 0 Å². The molecule has 1 heterocycles. The Morgan fingerprint density at radius 3 is 1.71 bits per heavy atom. The van der Waals surface area contributed by atoms with E-state index in [0.717, 1.165) is 4.47 Å². The molecule has 0 bridgehead atoms. The molecule has 0 unspecified atom stereocenters. The van der Waals surface area contributed by atoms with E-state index in [1.807, 2.05) is 36.4 Å². The van der Waals surface area contributed by atoms with Gasteiger partial charge in [0.1, 0.15) is 0 Å². The van der Waals surface area contributed by atoms with Crippen molar-refractivity contribution >= 4 is 21.9 Å². The Morgan fingerprint density at radius 1 is 0.762 bits per heavy atom. The van der Waals surface area contributed by atoms with E-state index < -0.39 is 0 Å². The molecule has 1 N–H and O–H groups in total. The van der Waals surface area contributed by atoms with Crippen LogP contribution in [0.2, 0.25) is 0 Å². The van der Waals surface area contributed by atoms with Gasteiger partial charge in [0.05, 0.1) is 10.5 Å². The van der Waals surface area contributed by atoms with Gasteiger partial charge in [-0.05, 0) is 27.1 Å². The molecular formula is C17H14BrN3. The van der Waals surface area contributed by atoms with Gasteiger partial charge in [-0.1, -0.05) is 60.7 Å². The number of hydrogen-bond acceptors (Lipinski definition) is 3. The second kappa shape index (κ2) is 6.50. The van der Waals surface area contributed by atoms with E-state index in [1.54, 1.807) is 12.4 Å². The van der Waals surface area contributed by atoms with E-state index in [-0.39, 0.29) is 6.04 Å². The highest BCUT2D eigenvalue weighted by molar-refractivity contribution is 9.10. The monoisotopic (exact) mass is 339 g/mol. The molecule has 0 saturated carbocycles. The van der Waals surface area contributed by atoms with Gasteiger partial charge < -0.3 is 5.32 Å². The summed E-state index contributed by atoms with van der Waals surface area (Å²) < 4.78 is 0.865. The molecule has 1 aromatic heterocycles. The molecule has 0 spiro atoms. The predicted molar refractivity (Wildman–Crippen MR) is 88.1 cm³/mol.